The van der Waals surface area contributed by atoms with Crippen LogP contribution in [0, 0.1) is 11.8 Å². The third-order valence-electron chi connectivity index (χ3n) is 4.17. The first-order valence-electron chi connectivity index (χ1n) is 7.09. The topological polar surface area (TPSA) is 41.1 Å². The number of halogens is 1. The highest BCUT2D eigenvalue weighted by Crippen LogP contribution is 2.31. The Hall–Kier alpha value is -0.280. The molecule has 1 saturated carbocycles. The molecular formula is C14H29ClN2O. The Labute approximate surface area is 118 Å². The molecule has 0 heterocycles. The van der Waals surface area contributed by atoms with Crippen LogP contribution < -0.4 is 10.6 Å². The van der Waals surface area contributed by atoms with Gasteiger partial charge in [0.1, 0.15) is 0 Å². The molecule has 0 aromatic carbocycles. The number of nitrogens with one attached hydrogen (secondary N) is 2. The van der Waals surface area contributed by atoms with Crippen LogP contribution in [0.2, 0.25) is 0 Å². The van der Waals surface area contributed by atoms with Gasteiger partial charge in [-0.05, 0) is 25.8 Å². The lowest BCUT2D eigenvalue weighted by Gasteiger charge is -2.32. The van der Waals surface area contributed by atoms with Gasteiger partial charge in [-0.1, -0.05) is 39.0 Å². The molecule has 3 nitrogen and oxygen atoms in total. The highest BCUT2D eigenvalue weighted by molar-refractivity contribution is 5.85. The number of carbonyl (C=O) groups excluding carboxylic acids is 1. The average molecular weight is 277 g/mol. The van der Waals surface area contributed by atoms with Crippen LogP contribution in [0.15, 0.2) is 0 Å². The molecule has 0 radical (unpaired) electrons. The Balaban J connectivity index is 0.00000289. The lowest BCUT2D eigenvalue weighted by atomic mass is 9.78. The smallest absolute Gasteiger partial charge is 0.221 e. The second kappa shape index (κ2) is 9.62. The molecule has 18 heavy (non-hydrogen) atoms. The Kier molecular flexibility index (Phi) is 9.47. The summed E-state index contributed by atoms with van der Waals surface area (Å²) >= 11 is 0. The summed E-state index contributed by atoms with van der Waals surface area (Å²) in [6.45, 7) is 5.20. The van der Waals surface area contributed by atoms with Crippen molar-refractivity contribution in [1.29, 1.82) is 0 Å². The number of carbonyl (C=O) groups is 1. The number of rotatable bonds is 6. The summed E-state index contributed by atoms with van der Waals surface area (Å²) in [5, 5.41) is 6.14. The van der Waals surface area contributed by atoms with Crippen molar-refractivity contribution in [3.63, 3.8) is 0 Å². The van der Waals surface area contributed by atoms with Gasteiger partial charge in [0.05, 0.1) is 0 Å². The molecule has 0 aromatic rings. The maximum atomic E-state index is 11.6. The van der Waals surface area contributed by atoms with Gasteiger partial charge in [-0.25, -0.2) is 0 Å². The second-order valence-corrected chi connectivity index (χ2v) is 5.47. The van der Waals surface area contributed by atoms with E-state index in [9.17, 15) is 4.79 Å². The van der Waals surface area contributed by atoms with E-state index in [4.69, 9.17) is 0 Å². The van der Waals surface area contributed by atoms with Crippen molar-refractivity contribution in [3.8, 4) is 0 Å². The molecule has 0 aliphatic heterocycles. The zero-order valence-corrected chi connectivity index (χ0v) is 12.8. The van der Waals surface area contributed by atoms with E-state index in [1.54, 1.807) is 0 Å². The predicted molar refractivity (Wildman–Crippen MR) is 79.1 cm³/mol. The van der Waals surface area contributed by atoms with Gasteiger partial charge in [0, 0.05) is 19.0 Å². The highest BCUT2D eigenvalue weighted by Gasteiger charge is 2.25. The molecule has 0 spiro atoms. The quantitative estimate of drug-likeness (QED) is 0.783. The van der Waals surface area contributed by atoms with Gasteiger partial charge < -0.3 is 10.6 Å². The minimum atomic E-state index is 0. The van der Waals surface area contributed by atoms with Gasteiger partial charge in [0.25, 0.3) is 0 Å². The molecule has 1 aliphatic rings. The van der Waals surface area contributed by atoms with Crippen LogP contribution in [0.4, 0.5) is 0 Å². The zero-order valence-electron chi connectivity index (χ0n) is 12.0. The van der Waals surface area contributed by atoms with Crippen molar-refractivity contribution < 1.29 is 4.79 Å². The molecule has 0 bridgehead atoms. The number of hydrogen-bond acceptors (Lipinski definition) is 2. The largest absolute Gasteiger partial charge is 0.353 e. The van der Waals surface area contributed by atoms with E-state index in [-0.39, 0.29) is 18.3 Å². The summed E-state index contributed by atoms with van der Waals surface area (Å²) in [6.07, 6.45) is 7.41. The van der Waals surface area contributed by atoms with Crippen LogP contribution in [0.3, 0.4) is 0 Å². The second-order valence-electron chi connectivity index (χ2n) is 5.47. The Morgan fingerprint density at radius 2 is 1.83 bits per heavy atom. The summed E-state index contributed by atoms with van der Waals surface area (Å²) in [5.41, 5.74) is 0. The van der Waals surface area contributed by atoms with Crippen molar-refractivity contribution in [2.45, 2.75) is 58.4 Å². The van der Waals surface area contributed by atoms with Crippen molar-refractivity contribution in [1.82, 2.24) is 10.6 Å². The lowest BCUT2D eigenvalue weighted by Crippen LogP contribution is -2.41. The van der Waals surface area contributed by atoms with Gasteiger partial charge in [-0.2, -0.15) is 0 Å². The zero-order chi connectivity index (χ0) is 12.7. The molecule has 1 fully saturated rings. The third-order valence-corrected chi connectivity index (χ3v) is 4.17. The molecule has 0 saturated heterocycles. The van der Waals surface area contributed by atoms with E-state index in [0.29, 0.717) is 18.4 Å². The van der Waals surface area contributed by atoms with Gasteiger partial charge in [-0.15, -0.1) is 12.4 Å². The maximum absolute atomic E-state index is 11.6. The average Bonchev–Trinajstić information content (AvgIpc) is 2.36. The third kappa shape index (κ3) is 6.05. The first kappa shape index (κ1) is 17.7. The summed E-state index contributed by atoms with van der Waals surface area (Å²) in [5.74, 6) is 1.59. The van der Waals surface area contributed by atoms with Crippen LogP contribution in [0.1, 0.15) is 52.4 Å². The van der Waals surface area contributed by atoms with Crippen LogP contribution in [0.25, 0.3) is 0 Å². The van der Waals surface area contributed by atoms with Crippen LogP contribution in [-0.2, 0) is 4.79 Å². The molecule has 2 atom stereocenters. The molecule has 2 unspecified atom stereocenters. The summed E-state index contributed by atoms with van der Waals surface area (Å²) < 4.78 is 0. The standard InChI is InChI=1S/C14H28N2O.ClH/c1-11(13-7-5-4-6-8-13)12(2)16-14(17)9-10-15-3;/h11-13,15H,4-10H2,1-3H3,(H,16,17);1H. The van der Waals surface area contributed by atoms with Crippen molar-refractivity contribution in [2.24, 2.45) is 11.8 Å². The molecule has 4 heteroatoms. The minimum absolute atomic E-state index is 0. The van der Waals surface area contributed by atoms with Crippen molar-refractivity contribution in [2.75, 3.05) is 13.6 Å². The van der Waals surface area contributed by atoms with E-state index in [2.05, 4.69) is 24.5 Å². The molecule has 108 valence electrons. The monoisotopic (exact) mass is 276 g/mol. The van der Waals surface area contributed by atoms with E-state index < -0.39 is 0 Å². The molecule has 1 rings (SSSR count). The molecule has 0 aromatic heterocycles. The van der Waals surface area contributed by atoms with Crippen molar-refractivity contribution >= 4 is 18.3 Å². The summed E-state index contributed by atoms with van der Waals surface area (Å²) in [6, 6.07) is 0.308. The van der Waals surface area contributed by atoms with Crippen LogP contribution in [0.5, 0.6) is 0 Å². The highest BCUT2D eigenvalue weighted by atomic mass is 35.5. The van der Waals surface area contributed by atoms with E-state index in [1.807, 2.05) is 7.05 Å². The maximum Gasteiger partial charge on any atom is 0.221 e. The Bertz CT molecular complexity index is 230. The molecule has 1 aliphatic carbocycles. The van der Waals surface area contributed by atoms with E-state index in [0.717, 1.165) is 12.5 Å². The Morgan fingerprint density at radius 3 is 2.39 bits per heavy atom. The fourth-order valence-corrected chi connectivity index (χ4v) is 2.76. The van der Waals surface area contributed by atoms with E-state index in [1.165, 1.54) is 32.1 Å². The SMILES string of the molecule is CNCCC(=O)NC(C)C(C)C1CCCCC1.Cl. The number of amides is 1. The normalized spacial score (nSPS) is 19.7. The van der Waals surface area contributed by atoms with E-state index >= 15 is 0 Å². The van der Waals surface area contributed by atoms with Gasteiger partial charge >= 0.3 is 0 Å². The van der Waals surface area contributed by atoms with Gasteiger partial charge in [-0.3, -0.25) is 4.79 Å². The fourth-order valence-electron chi connectivity index (χ4n) is 2.76. The molecule has 2 N–H and O–H groups in total. The molecular weight excluding hydrogens is 248 g/mol. The minimum Gasteiger partial charge on any atom is -0.353 e. The first-order chi connectivity index (χ1) is 8.15. The van der Waals surface area contributed by atoms with Crippen molar-refractivity contribution in [3.05, 3.63) is 0 Å². The first-order valence-corrected chi connectivity index (χ1v) is 7.09. The molecule has 1 amide bonds. The lowest BCUT2D eigenvalue weighted by molar-refractivity contribution is -0.122. The van der Waals surface area contributed by atoms with Gasteiger partial charge in [0.2, 0.25) is 5.91 Å². The Morgan fingerprint density at radius 1 is 1.22 bits per heavy atom. The van der Waals surface area contributed by atoms with Crippen LogP contribution >= 0.6 is 12.4 Å². The predicted octanol–water partition coefficient (Wildman–Crippen LogP) is 2.74. The fraction of sp³-hybridized carbons (Fsp3) is 0.929. The van der Waals surface area contributed by atoms with Gasteiger partial charge in [0.15, 0.2) is 0 Å². The van der Waals surface area contributed by atoms with Crippen LogP contribution in [-0.4, -0.2) is 25.5 Å². The number of hydrogen-bond donors (Lipinski definition) is 2. The summed E-state index contributed by atoms with van der Waals surface area (Å²) in [4.78, 5) is 11.6. The summed E-state index contributed by atoms with van der Waals surface area (Å²) in [7, 11) is 1.88.